The molecule has 0 bridgehead atoms. The molecular weight excluding hydrogens is 1700 g/mol. The van der Waals surface area contributed by atoms with Gasteiger partial charge in [-0.1, -0.05) is 113 Å². The van der Waals surface area contributed by atoms with Crippen molar-refractivity contribution in [2.24, 2.45) is 43.6 Å². The number of carboxylic acid groups (broad SMARTS) is 1. The number of aryl methyl sites for hydroxylation is 2. The fraction of sp³-hybridized carbons (Fsp3) is 0.472. The molecular formula is C106H125N11O17. The molecule has 0 saturated carbocycles. The zero-order chi connectivity index (χ0) is 94.8. The standard InChI is InChI=1S/C50H57N5O6.C46H57N5O7.C10H11NO4/c1-28(2)47(53-50(58)60-6)49(57)55-29(3)12-17-44(55)42-21-35(24-51-42)33-13-15-37-36(19-33)27-61-46-23-38-34(20-40(37)46)14-16-41-39(38)22-43(52-41)45-18-31(26-59-5)25-54(45)48(56)30(4)32-10-8-7-9-11-32;1-25(2)42(49-44(53)56-8)43(52)51-26(3)9-14-39(51)37-18-30(21-47-37)28-10-12-32-31(16-28)24-57-41-20-33-29(17-35(32)41)11-13-36-34(33)19-38(48-36)40-15-27(23-55-7)22-50(40)45(54)58-46(4,5)6;1-15-10(14)11-8(9(12)13)7-5-3-2-4-6-7/h7-11,13,15,19-20,23-24,28-31,44-45,47H,12,14,16-18,21-22,25-27H2,1-6H3,(H,53,58);10,12,16-17,20-21,25-27,39-40,42H,9,11,13-15,18-19,22-24H2,1-8H3,(H,49,53);2-6,8H,1H3,(H,11,14)(H,12,13)/t29-,30+,31-,44-,45-,47-;26-,27-,39-,40-,42-;/m00./s1. The summed E-state index contributed by atoms with van der Waals surface area (Å²) in [6.07, 6.45) is 13.0. The SMILES string of the molecule is COC(=O)NC(C(=O)O)c1ccccc1.COC[C@H]1C[C@@H](C2=NC3=C(C2)c2cc4c(cc2CC3)-c2ccc(C3=CN=C([C@@H]5CC[C@H](C)N5C(=O)[C@@H](NC(=O)OC)C(C)C)C3)cc2CO4)N(C(=O)OC(C)(C)C)C1.COC[C@H]1C[C@@H](C2=NC3=C(C2)c2cc4c(cc2CC3)-c2ccc(C3=CN=C([C@@H]5CC[C@H](C)N5C(=O)[C@@H](NC(=O)OC)C(C)C)C3)cc2CO4)N(C(=O)[C@H](C)c2ccccc2)C1. The molecule has 706 valence electrons. The Bertz CT molecular complexity index is 5840. The van der Waals surface area contributed by atoms with Crippen LogP contribution in [0.5, 0.6) is 11.5 Å². The second-order valence-electron chi connectivity index (χ2n) is 39.0. The van der Waals surface area contributed by atoms with Crippen LogP contribution in [0.25, 0.3) is 44.5 Å². The van der Waals surface area contributed by atoms with Crippen molar-refractivity contribution in [2.45, 2.75) is 238 Å². The number of hydrogen-bond donors (Lipinski definition) is 4. The van der Waals surface area contributed by atoms with Gasteiger partial charge in [-0.15, -0.1) is 0 Å². The molecule has 4 saturated heterocycles. The van der Waals surface area contributed by atoms with Crippen LogP contribution in [0.2, 0.25) is 0 Å². The first kappa shape index (κ1) is 94.6. The molecule has 2 aliphatic carbocycles. The van der Waals surface area contributed by atoms with Gasteiger partial charge in [-0.25, -0.2) is 24.0 Å². The molecule has 1 unspecified atom stereocenters. The quantitative estimate of drug-likeness (QED) is 0.0486. The van der Waals surface area contributed by atoms with Crippen LogP contribution in [0.1, 0.15) is 214 Å². The molecule has 6 aromatic carbocycles. The molecule has 28 heteroatoms. The minimum Gasteiger partial charge on any atom is -0.488 e. The number of methoxy groups -OCH3 is 5. The molecule has 6 aromatic rings. The summed E-state index contributed by atoms with van der Waals surface area (Å²) in [4.78, 5) is 129. The van der Waals surface area contributed by atoms with Crippen LogP contribution in [-0.2, 0) is 73.7 Å². The lowest BCUT2D eigenvalue weighted by Gasteiger charge is -2.33. The van der Waals surface area contributed by atoms with E-state index in [0.29, 0.717) is 64.3 Å². The van der Waals surface area contributed by atoms with E-state index in [0.717, 1.165) is 166 Å². The fourth-order valence-electron chi connectivity index (χ4n) is 21.4. The number of nitrogens with one attached hydrogen (secondary N) is 3. The van der Waals surface area contributed by atoms with E-state index in [1.54, 1.807) is 44.6 Å². The molecule has 12 atom stereocenters. The largest absolute Gasteiger partial charge is 0.488 e. The van der Waals surface area contributed by atoms with Gasteiger partial charge in [0.05, 0.1) is 64.6 Å². The van der Waals surface area contributed by atoms with E-state index < -0.39 is 48.0 Å². The number of hydrogen-bond acceptors (Lipinski definition) is 20. The second-order valence-corrected chi connectivity index (χ2v) is 39.0. The van der Waals surface area contributed by atoms with Gasteiger partial charge in [-0.3, -0.25) is 39.3 Å². The van der Waals surface area contributed by atoms with Gasteiger partial charge in [0.1, 0.15) is 42.4 Å². The van der Waals surface area contributed by atoms with Gasteiger partial charge >= 0.3 is 30.3 Å². The predicted octanol–water partition coefficient (Wildman–Crippen LogP) is 17.5. The molecule has 10 heterocycles. The van der Waals surface area contributed by atoms with Crippen molar-refractivity contribution >= 4 is 93.2 Å². The van der Waals surface area contributed by atoms with Gasteiger partial charge < -0.3 is 73.7 Å². The average Bonchev–Trinajstić information content (AvgIpc) is 1.52. The highest BCUT2D eigenvalue weighted by Crippen LogP contribution is 2.51. The van der Waals surface area contributed by atoms with E-state index in [9.17, 15) is 38.4 Å². The van der Waals surface area contributed by atoms with Crippen molar-refractivity contribution < 1.29 is 81.4 Å². The normalized spacial score (nSPS) is 22.4. The lowest BCUT2D eigenvalue weighted by molar-refractivity contribution is -0.139. The number of benzene rings is 6. The Morgan fingerprint density at radius 2 is 0.903 bits per heavy atom. The van der Waals surface area contributed by atoms with E-state index in [4.69, 9.17) is 58.2 Å². The Hall–Kier alpha value is -12.6. The van der Waals surface area contributed by atoms with Crippen molar-refractivity contribution in [3.8, 4) is 33.8 Å². The van der Waals surface area contributed by atoms with Gasteiger partial charge in [0.15, 0.2) is 6.04 Å². The molecule has 7 amide bonds. The van der Waals surface area contributed by atoms with Crippen molar-refractivity contribution in [3.05, 3.63) is 201 Å². The number of carbonyl (C=O) groups is 8. The smallest absolute Gasteiger partial charge is 0.410 e. The van der Waals surface area contributed by atoms with Crippen LogP contribution in [0.3, 0.4) is 0 Å². The Labute approximate surface area is 784 Å². The number of aliphatic imine (C=N–C) groups is 4. The maximum atomic E-state index is 14.1. The number of rotatable bonds is 21. The van der Waals surface area contributed by atoms with Crippen LogP contribution in [0.4, 0.5) is 19.2 Å². The summed E-state index contributed by atoms with van der Waals surface area (Å²) in [5.74, 6) is 0.678. The Morgan fingerprint density at radius 1 is 0.470 bits per heavy atom. The number of carboxylic acids is 1. The molecule has 10 aliphatic heterocycles. The summed E-state index contributed by atoms with van der Waals surface area (Å²) in [5, 5.41) is 16.6. The van der Waals surface area contributed by atoms with E-state index >= 15 is 0 Å². The molecule has 0 aromatic heterocycles. The van der Waals surface area contributed by atoms with E-state index in [-0.39, 0.29) is 89.7 Å². The maximum Gasteiger partial charge on any atom is 0.410 e. The third kappa shape index (κ3) is 19.9. The lowest BCUT2D eigenvalue weighted by Crippen LogP contribution is -2.55. The monoisotopic (exact) mass is 1820 g/mol. The van der Waals surface area contributed by atoms with Crippen molar-refractivity contribution in [2.75, 3.05) is 61.9 Å². The molecule has 134 heavy (non-hydrogen) atoms. The molecule has 18 rings (SSSR count). The van der Waals surface area contributed by atoms with Gasteiger partial charge in [0.2, 0.25) is 17.7 Å². The third-order valence-electron chi connectivity index (χ3n) is 28.3. The van der Waals surface area contributed by atoms with E-state index in [1.165, 1.54) is 65.9 Å². The summed E-state index contributed by atoms with van der Waals surface area (Å²) >= 11 is 0. The number of ether oxygens (including phenoxy) is 8. The summed E-state index contributed by atoms with van der Waals surface area (Å²) < 4.78 is 44.0. The molecule has 0 radical (unpaired) electrons. The highest BCUT2D eigenvalue weighted by Gasteiger charge is 2.48. The number of alkyl carbamates (subject to hydrolysis) is 3. The first-order valence-corrected chi connectivity index (χ1v) is 47.2. The van der Waals surface area contributed by atoms with Crippen LogP contribution in [0, 0.1) is 23.7 Å². The van der Waals surface area contributed by atoms with Crippen molar-refractivity contribution in [3.63, 3.8) is 0 Å². The van der Waals surface area contributed by atoms with Crippen molar-refractivity contribution in [1.29, 1.82) is 0 Å². The summed E-state index contributed by atoms with van der Waals surface area (Å²) in [5.41, 5.74) is 26.1. The highest BCUT2D eigenvalue weighted by molar-refractivity contribution is 6.09. The number of aliphatic carboxylic acids is 1. The predicted molar refractivity (Wildman–Crippen MR) is 513 cm³/mol. The van der Waals surface area contributed by atoms with Gasteiger partial charge in [0, 0.05) is 135 Å². The zero-order valence-electron chi connectivity index (χ0n) is 79.5. The summed E-state index contributed by atoms with van der Waals surface area (Å²) in [6.45, 7) is 23.0. The number of fused-ring (bicyclic) bond motifs is 10. The molecule has 0 spiro atoms. The first-order chi connectivity index (χ1) is 64.4. The number of likely N-dealkylation sites (tertiary alicyclic amines) is 4. The number of allylic oxidation sites excluding steroid dienone is 6. The molecule has 4 fully saturated rings. The molecule has 4 N–H and O–H groups in total. The van der Waals surface area contributed by atoms with Crippen LogP contribution in [0.15, 0.2) is 165 Å². The lowest BCUT2D eigenvalue weighted by atomic mass is 9.83. The van der Waals surface area contributed by atoms with Crippen molar-refractivity contribution in [1.82, 2.24) is 35.6 Å². The third-order valence-corrected chi connectivity index (χ3v) is 28.3. The minimum atomic E-state index is -1.13. The zero-order valence-corrected chi connectivity index (χ0v) is 79.5. The Kier molecular flexibility index (Phi) is 28.5. The topological polar surface area (TPSA) is 329 Å². The minimum absolute atomic E-state index is 0.0402. The fourth-order valence-corrected chi connectivity index (χ4v) is 21.4. The maximum absolute atomic E-state index is 14.1. The summed E-state index contributed by atoms with van der Waals surface area (Å²) in [6, 6.07) is 38.0. The van der Waals surface area contributed by atoms with Crippen LogP contribution >= 0.6 is 0 Å². The summed E-state index contributed by atoms with van der Waals surface area (Å²) in [7, 11) is 7.25. The number of carbonyl (C=O) groups excluding carboxylic acids is 7. The van der Waals surface area contributed by atoms with Gasteiger partial charge in [0.25, 0.3) is 0 Å². The second kappa shape index (κ2) is 40.3. The number of nitrogens with zero attached hydrogens (tertiary/aromatic N) is 8. The molecule has 28 nitrogen and oxygen atoms in total. The van der Waals surface area contributed by atoms with E-state index in [2.05, 4.69) is 100 Å². The first-order valence-electron chi connectivity index (χ1n) is 47.2. The van der Waals surface area contributed by atoms with Crippen LogP contribution < -0.4 is 25.4 Å². The van der Waals surface area contributed by atoms with Gasteiger partial charge in [-0.2, -0.15) is 0 Å². The number of amides is 7. The van der Waals surface area contributed by atoms with Crippen LogP contribution in [-0.4, -0.2) is 211 Å². The Balaban J connectivity index is 0.000000169. The highest BCUT2D eigenvalue weighted by atomic mass is 16.6. The van der Waals surface area contributed by atoms with Gasteiger partial charge in [-0.05, 0) is 243 Å². The Morgan fingerprint density at radius 3 is 1.33 bits per heavy atom. The van der Waals surface area contributed by atoms with E-state index in [1.807, 2.05) is 113 Å². The average molecular weight is 1830 g/mol. The molecule has 12 aliphatic rings.